The van der Waals surface area contributed by atoms with Crippen LogP contribution in [-0.2, 0) is 0 Å². The number of rotatable bonds is 5. The van der Waals surface area contributed by atoms with E-state index in [9.17, 15) is 14.9 Å². The predicted octanol–water partition coefficient (Wildman–Crippen LogP) is 3.43. The van der Waals surface area contributed by atoms with Crippen LogP contribution in [0.15, 0.2) is 44.7 Å². The Kier molecular flexibility index (Phi) is 5.31. The molecular weight excluding hydrogens is 460 g/mol. The van der Waals surface area contributed by atoms with Gasteiger partial charge in [0, 0.05) is 6.04 Å². The largest absolute Gasteiger partial charge is 0.497 e. The van der Waals surface area contributed by atoms with Crippen molar-refractivity contribution in [3.05, 3.63) is 62.8 Å². The van der Waals surface area contributed by atoms with Crippen LogP contribution in [0.1, 0.15) is 40.2 Å². The summed E-state index contributed by atoms with van der Waals surface area (Å²) in [6.07, 6.45) is 3.80. The maximum atomic E-state index is 13.4. The number of amides is 1. The molecule has 0 spiro atoms. The van der Waals surface area contributed by atoms with E-state index >= 15 is 0 Å². The van der Waals surface area contributed by atoms with E-state index in [1.807, 2.05) is 6.26 Å². The van der Waals surface area contributed by atoms with E-state index in [1.165, 1.54) is 23.1 Å². The number of hydrogen-bond acceptors (Lipinski definition) is 8. The number of aromatic amines is 1. The summed E-state index contributed by atoms with van der Waals surface area (Å²) in [5.74, 6) is -0.0356. The third kappa shape index (κ3) is 3.53. The molecule has 1 unspecified atom stereocenters. The van der Waals surface area contributed by atoms with Crippen LogP contribution in [-0.4, -0.2) is 30.3 Å². The molecule has 8 nitrogen and oxygen atoms in total. The number of nitriles is 1. The van der Waals surface area contributed by atoms with Crippen molar-refractivity contribution in [2.24, 2.45) is 5.73 Å². The van der Waals surface area contributed by atoms with Gasteiger partial charge in [-0.1, -0.05) is 12.1 Å². The van der Waals surface area contributed by atoms with Crippen molar-refractivity contribution in [2.75, 3.05) is 13.4 Å². The number of allylic oxidation sites excluding steroid dienone is 1. The molecule has 2 aliphatic rings. The molecule has 1 fully saturated rings. The second-order valence-electron chi connectivity index (χ2n) is 7.82. The van der Waals surface area contributed by atoms with Crippen molar-refractivity contribution in [2.45, 2.75) is 29.0 Å². The minimum absolute atomic E-state index is 0.0548. The normalized spacial score (nSPS) is 17.3. The van der Waals surface area contributed by atoms with Gasteiger partial charge >= 0.3 is 0 Å². The second-order valence-corrected chi connectivity index (χ2v) is 9.91. The van der Waals surface area contributed by atoms with E-state index < -0.39 is 11.5 Å². The number of carbonyl (C=O) groups excluding carboxylic acids is 1. The second kappa shape index (κ2) is 8.17. The van der Waals surface area contributed by atoms with Gasteiger partial charge in [-0.25, -0.2) is 0 Å². The summed E-state index contributed by atoms with van der Waals surface area (Å²) in [6, 6.07) is 9.40. The van der Waals surface area contributed by atoms with Crippen molar-refractivity contribution < 1.29 is 14.3 Å². The first-order chi connectivity index (χ1) is 16.0. The van der Waals surface area contributed by atoms with Gasteiger partial charge < -0.3 is 25.5 Å². The molecule has 0 radical (unpaired) electrons. The van der Waals surface area contributed by atoms with Crippen molar-refractivity contribution in [3.63, 3.8) is 0 Å². The number of aromatic nitrogens is 1. The third-order valence-corrected chi connectivity index (χ3v) is 8.07. The Bertz CT molecular complexity index is 1410. The highest BCUT2D eigenvalue weighted by molar-refractivity contribution is 8.00. The molecule has 5 rings (SSSR count). The Morgan fingerprint density at radius 1 is 1.36 bits per heavy atom. The number of thiophene rings is 1. The molecule has 1 amide bonds. The first-order valence-corrected chi connectivity index (χ1v) is 12.3. The number of fused-ring (bicyclic) bond motifs is 3. The van der Waals surface area contributed by atoms with Gasteiger partial charge in [-0.05, 0) is 36.8 Å². The fraction of sp³-hybridized carbons (Fsp3) is 0.261. The molecular formula is C23H20N4O4S2. The molecule has 33 heavy (non-hydrogen) atoms. The molecule has 0 saturated heterocycles. The number of nitrogens with one attached hydrogen (secondary N) is 2. The van der Waals surface area contributed by atoms with Crippen LogP contribution in [0.25, 0.3) is 10.2 Å². The Balaban J connectivity index is 1.74. The summed E-state index contributed by atoms with van der Waals surface area (Å²) in [4.78, 5) is 29.3. The molecule has 3 heterocycles. The van der Waals surface area contributed by atoms with Crippen LogP contribution in [0.4, 0.5) is 0 Å². The molecule has 1 atom stereocenters. The van der Waals surface area contributed by atoms with E-state index in [0.29, 0.717) is 32.7 Å². The number of benzene rings is 1. The maximum Gasteiger partial charge on any atom is 0.256 e. The highest BCUT2D eigenvalue weighted by Crippen LogP contribution is 2.48. The average Bonchev–Trinajstić information content (AvgIpc) is 3.55. The minimum atomic E-state index is -0.707. The molecule has 3 aromatic rings. The van der Waals surface area contributed by atoms with E-state index in [-0.39, 0.29) is 29.2 Å². The van der Waals surface area contributed by atoms with Crippen LogP contribution >= 0.6 is 23.1 Å². The Hall–Kier alpha value is -3.42. The van der Waals surface area contributed by atoms with Crippen LogP contribution in [0.5, 0.6) is 11.5 Å². The number of ether oxygens (including phenoxy) is 2. The summed E-state index contributed by atoms with van der Waals surface area (Å²) >= 11 is 2.79. The zero-order chi connectivity index (χ0) is 23.3. The smallest absolute Gasteiger partial charge is 0.256 e. The number of thioether (sulfide) groups is 1. The number of methoxy groups -OCH3 is 1. The van der Waals surface area contributed by atoms with Gasteiger partial charge in [-0.2, -0.15) is 5.26 Å². The van der Waals surface area contributed by atoms with E-state index in [0.717, 1.165) is 17.1 Å². The fourth-order valence-electron chi connectivity index (χ4n) is 4.00. The molecule has 1 aliphatic heterocycles. The van der Waals surface area contributed by atoms with Gasteiger partial charge in [-0.3, -0.25) is 9.59 Å². The number of H-pyrrole nitrogens is 1. The van der Waals surface area contributed by atoms with Crippen molar-refractivity contribution in [3.8, 4) is 17.6 Å². The molecule has 168 valence electrons. The molecule has 4 N–H and O–H groups in total. The van der Waals surface area contributed by atoms with Crippen molar-refractivity contribution >= 4 is 39.2 Å². The molecule has 0 bridgehead atoms. The molecule has 10 heteroatoms. The molecule has 2 aromatic heterocycles. The van der Waals surface area contributed by atoms with E-state index in [4.69, 9.17) is 15.2 Å². The Labute approximate surface area is 197 Å². The maximum absolute atomic E-state index is 13.4. The van der Waals surface area contributed by atoms with Crippen LogP contribution in [0.3, 0.4) is 0 Å². The van der Waals surface area contributed by atoms with Crippen molar-refractivity contribution in [1.82, 2.24) is 10.3 Å². The topological polar surface area (TPSA) is 130 Å². The predicted molar refractivity (Wildman–Crippen MR) is 127 cm³/mol. The van der Waals surface area contributed by atoms with Gasteiger partial charge in [0.2, 0.25) is 5.88 Å². The van der Waals surface area contributed by atoms with Gasteiger partial charge in [0.15, 0.2) is 5.75 Å². The van der Waals surface area contributed by atoms with E-state index in [2.05, 4.69) is 16.4 Å². The lowest BCUT2D eigenvalue weighted by Crippen LogP contribution is -2.29. The van der Waals surface area contributed by atoms with Crippen LogP contribution in [0.2, 0.25) is 0 Å². The van der Waals surface area contributed by atoms with Gasteiger partial charge in [0.05, 0.1) is 38.6 Å². The van der Waals surface area contributed by atoms with Gasteiger partial charge in [0.1, 0.15) is 17.4 Å². The third-order valence-electron chi connectivity index (χ3n) is 5.76. The number of hydrogen-bond donors (Lipinski definition) is 3. The van der Waals surface area contributed by atoms with Crippen molar-refractivity contribution in [1.29, 1.82) is 5.26 Å². The zero-order valence-electron chi connectivity index (χ0n) is 17.9. The zero-order valence-corrected chi connectivity index (χ0v) is 19.5. The highest BCUT2D eigenvalue weighted by Gasteiger charge is 2.37. The number of nitrogens with two attached hydrogens (primary N) is 1. The molecule has 1 aliphatic carbocycles. The summed E-state index contributed by atoms with van der Waals surface area (Å²) in [7, 11) is 1.57. The Morgan fingerprint density at radius 3 is 2.70 bits per heavy atom. The van der Waals surface area contributed by atoms with Gasteiger partial charge in [-0.15, -0.1) is 23.1 Å². The summed E-state index contributed by atoms with van der Waals surface area (Å²) in [5.41, 5.74) is 7.75. The lowest BCUT2D eigenvalue weighted by molar-refractivity contribution is 0.0950. The summed E-state index contributed by atoms with van der Waals surface area (Å²) < 4.78 is 12.5. The molecule has 1 saturated carbocycles. The number of carbonyl (C=O) groups is 1. The number of pyridine rings is 1. The van der Waals surface area contributed by atoms with Crippen LogP contribution in [0, 0.1) is 11.3 Å². The fourth-order valence-corrected chi connectivity index (χ4v) is 5.96. The summed E-state index contributed by atoms with van der Waals surface area (Å²) in [5, 5.41) is 12.8. The Morgan fingerprint density at radius 2 is 2.09 bits per heavy atom. The van der Waals surface area contributed by atoms with Crippen LogP contribution < -0.4 is 26.1 Å². The highest BCUT2D eigenvalue weighted by atomic mass is 32.2. The lowest BCUT2D eigenvalue weighted by atomic mass is 9.84. The standard InChI is InChI=1S/C23H20N4O4S2/c1-30-12-7-3-10(4-8-12)14-13(9-24)20(25)31-18-15(14)21(28)27-17-16(22(29)26-11-5-6-11)23(32-2)33-19(17)18/h3-4,7-8,11,14H,5-6,25H2,1-2H3,(H,26,29)(H,27,28). The molecule has 1 aromatic carbocycles. The van der Waals surface area contributed by atoms with E-state index in [1.54, 1.807) is 31.4 Å². The monoisotopic (exact) mass is 480 g/mol. The first kappa shape index (κ1) is 21.4. The van der Waals surface area contributed by atoms with Gasteiger partial charge in [0.25, 0.3) is 11.5 Å². The lowest BCUT2D eigenvalue weighted by Gasteiger charge is -2.26. The average molecular weight is 481 g/mol. The quantitative estimate of drug-likeness (QED) is 0.477. The summed E-state index contributed by atoms with van der Waals surface area (Å²) in [6.45, 7) is 0. The minimum Gasteiger partial charge on any atom is -0.497 e. The number of nitrogens with zero attached hydrogens (tertiary/aromatic N) is 1. The first-order valence-electron chi connectivity index (χ1n) is 10.3. The SMILES string of the molecule is COc1ccc(C2C(C#N)=C(N)Oc3c2c(=O)[nH]c2c(C(=O)NC4CC4)c(SC)sc32)cc1.